The molecule has 3 rings (SSSR count). The predicted molar refractivity (Wildman–Crippen MR) is 74.7 cm³/mol. The number of para-hydroxylation sites is 1. The fraction of sp³-hybridized carbons (Fsp3) is 0.333. The second-order valence-electron chi connectivity index (χ2n) is 5.19. The number of pyridine rings is 1. The third-order valence-corrected chi connectivity index (χ3v) is 3.68. The number of carbonyl (C=O) groups is 1. The Labute approximate surface area is 111 Å². The van der Waals surface area contributed by atoms with Gasteiger partial charge in [-0.3, -0.25) is 0 Å². The summed E-state index contributed by atoms with van der Waals surface area (Å²) in [4.78, 5) is 17.7. The summed E-state index contributed by atoms with van der Waals surface area (Å²) >= 11 is 0. The first-order valence-electron chi connectivity index (χ1n) is 6.53. The molecule has 0 bridgehead atoms. The Morgan fingerprint density at radius 2 is 2.21 bits per heavy atom. The van der Waals surface area contributed by atoms with Crippen LogP contribution in [0.5, 0.6) is 0 Å². The number of rotatable bonds is 2. The van der Waals surface area contributed by atoms with Crippen molar-refractivity contribution >= 4 is 22.6 Å². The van der Waals surface area contributed by atoms with E-state index in [0.717, 1.165) is 36.1 Å². The normalized spacial score (nSPS) is 19.0. The van der Waals surface area contributed by atoms with Crippen LogP contribution in [-0.2, 0) is 0 Å². The molecule has 19 heavy (non-hydrogen) atoms. The van der Waals surface area contributed by atoms with E-state index in [1.54, 1.807) is 6.07 Å². The number of hydrogen-bond donors (Lipinski definition) is 1. The number of nitrogens with zero attached hydrogens (tertiary/aromatic N) is 2. The average Bonchev–Trinajstić information content (AvgIpc) is 2.84. The minimum Gasteiger partial charge on any atom is -0.477 e. The molecule has 1 aliphatic heterocycles. The Morgan fingerprint density at radius 1 is 1.42 bits per heavy atom. The van der Waals surface area contributed by atoms with Crippen molar-refractivity contribution in [1.82, 2.24) is 4.98 Å². The van der Waals surface area contributed by atoms with Gasteiger partial charge in [0.05, 0.1) is 5.52 Å². The summed E-state index contributed by atoms with van der Waals surface area (Å²) in [5, 5.41) is 10.2. The Balaban J connectivity index is 2.17. The highest BCUT2D eigenvalue weighted by Crippen LogP contribution is 2.30. The maximum Gasteiger partial charge on any atom is 0.354 e. The number of carboxylic acids is 1. The largest absolute Gasteiger partial charge is 0.477 e. The summed E-state index contributed by atoms with van der Waals surface area (Å²) in [6.07, 6.45) is 1.15. The van der Waals surface area contributed by atoms with Gasteiger partial charge in [0.1, 0.15) is 0 Å². The molecule has 1 aliphatic rings. The lowest BCUT2D eigenvalue weighted by molar-refractivity contribution is 0.0691. The molecular formula is C15H16N2O2. The summed E-state index contributed by atoms with van der Waals surface area (Å²) in [5.74, 6) is -0.320. The lowest BCUT2D eigenvalue weighted by Gasteiger charge is -2.20. The van der Waals surface area contributed by atoms with Crippen LogP contribution in [0.15, 0.2) is 30.3 Å². The number of fused-ring (bicyclic) bond motifs is 1. The molecule has 0 amide bonds. The lowest BCUT2D eigenvalue weighted by Crippen LogP contribution is -2.20. The molecule has 4 heteroatoms. The summed E-state index contributed by atoms with van der Waals surface area (Å²) in [6, 6.07) is 9.42. The number of aromatic carboxylic acids is 1. The molecule has 1 unspecified atom stereocenters. The molecule has 1 N–H and O–H groups in total. The van der Waals surface area contributed by atoms with Crippen LogP contribution in [0.2, 0.25) is 0 Å². The van der Waals surface area contributed by atoms with E-state index >= 15 is 0 Å². The first-order valence-corrected chi connectivity index (χ1v) is 6.53. The van der Waals surface area contributed by atoms with Gasteiger partial charge < -0.3 is 10.0 Å². The van der Waals surface area contributed by atoms with Crippen molar-refractivity contribution in [2.45, 2.75) is 13.3 Å². The molecule has 1 aromatic carbocycles. The van der Waals surface area contributed by atoms with Crippen LogP contribution in [-0.4, -0.2) is 29.1 Å². The van der Waals surface area contributed by atoms with Crippen LogP contribution in [0.1, 0.15) is 23.8 Å². The van der Waals surface area contributed by atoms with Gasteiger partial charge in [0.2, 0.25) is 0 Å². The predicted octanol–water partition coefficient (Wildman–Crippen LogP) is 2.78. The molecule has 2 aromatic rings. The quantitative estimate of drug-likeness (QED) is 0.897. The van der Waals surface area contributed by atoms with Crippen molar-refractivity contribution < 1.29 is 9.90 Å². The topological polar surface area (TPSA) is 53.4 Å². The molecule has 1 fully saturated rings. The van der Waals surface area contributed by atoms with Crippen LogP contribution in [0.3, 0.4) is 0 Å². The molecule has 1 atom stereocenters. The van der Waals surface area contributed by atoms with Crippen LogP contribution in [0.4, 0.5) is 5.69 Å². The molecule has 0 aliphatic carbocycles. The zero-order chi connectivity index (χ0) is 13.4. The average molecular weight is 256 g/mol. The van der Waals surface area contributed by atoms with E-state index in [4.69, 9.17) is 0 Å². The van der Waals surface area contributed by atoms with Crippen molar-refractivity contribution in [2.24, 2.45) is 5.92 Å². The first-order chi connectivity index (χ1) is 9.15. The molecule has 0 saturated carbocycles. The monoisotopic (exact) mass is 256 g/mol. The van der Waals surface area contributed by atoms with E-state index in [9.17, 15) is 9.90 Å². The molecule has 98 valence electrons. The zero-order valence-electron chi connectivity index (χ0n) is 10.8. The number of hydrogen-bond acceptors (Lipinski definition) is 3. The minimum atomic E-state index is -0.973. The first kappa shape index (κ1) is 12.0. The summed E-state index contributed by atoms with van der Waals surface area (Å²) in [5.41, 5.74) is 1.86. The van der Waals surface area contributed by atoms with E-state index in [-0.39, 0.29) is 5.69 Å². The van der Waals surface area contributed by atoms with Crippen molar-refractivity contribution in [3.63, 3.8) is 0 Å². The van der Waals surface area contributed by atoms with Gasteiger partial charge in [-0.05, 0) is 24.5 Å². The summed E-state index contributed by atoms with van der Waals surface area (Å²) < 4.78 is 0. The second kappa shape index (κ2) is 4.53. The highest BCUT2D eigenvalue weighted by atomic mass is 16.4. The molecule has 1 aromatic heterocycles. The second-order valence-corrected chi connectivity index (χ2v) is 5.19. The van der Waals surface area contributed by atoms with E-state index in [0.29, 0.717) is 5.92 Å². The molecular weight excluding hydrogens is 240 g/mol. The molecule has 0 radical (unpaired) electrons. The fourth-order valence-corrected chi connectivity index (χ4v) is 2.68. The van der Waals surface area contributed by atoms with Crippen molar-refractivity contribution in [3.8, 4) is 0 Å². The third-order valence-electron chi connectivity index (χ3n) is 3.68. The maximum atomic E-state index is 11.2. The SMILES string of the molecule is CC1CCN(c2cc(C(=O)O)nc3ccccc23)C1. The number of benzene rings is 1. The summed E-state index contributed by atoms with van der Waals surface area (Å²) in [6.45, 7) is 4.18. The summed E-state index contributed by atoms with van der Waals surface area (Å²) in [7, 11) is 0. The fourth-order valence-electron chi connectivity index (χ4n) is 2.68. The van der Waals surface area contributed by atoms with Gasteiger partial charge in [0, 0.05) is 24.2 Å². The Bertz CT molecular complexity index is 639. The van der Waals surface area contributed by atoms with E-state index in [2.05, 4.69) is 16.8 Å². The van der Waals surface area contributed by atoms with Gasteiger partial charge in [-0.2, -0.15) is 0 Å². The third kappa shape index (κ3) is 2.14. The number of aromatic nitrogens is 1. The van der Waals surface area contributed by atoms with Crippen LogP contribution in [0, 0.1) is 5.92 Å². The number of carboxylic acid groups (broad SMARTS) is 1. The van der Waals surface area contributed by atoms with Gasteiger partial charge in [-0.1, -0.05) is 25.1 Å². The smallest absolute Gasteiger partial charge is 0.354 e. The Hall–Kier alpha value is -2.10. The minimum absolute atomic E-state index is 0.119. The molecule has 1 saturated heterocycles. The van der Waals surface area contributed by atoms with Crippen LogP contribution in [0.25, 0.3) is 10.9 Å². The van der Waals surface area contributed by atoms with Crippen molar-refractivity contribution in [2.75, 3.05) is 18.0 Å². The van der Waals surface area contributed by atoms with Crippen LogP contribution < -0.4 is 4.90 Å². The van der Waals surface area contributed by atoms with Crippen LogP contribution >= 0.6 is 0 Å². The zero-order valence-corrected chi connectivity index (χ0v) is 10.8. The lowest BCUT2D eigenvalue weighted by atomic mass is 10.1. The van der Waals surface area contributed by atoms with Gasteiger partial charge in [-0.15, -0.1) is 0 Å². The number of anilines is 1. The standard InChI is InChI=1S/C15H16N2O2/c1-10-6-7-17(9-10)14-8-13(15(18)19)16-12-5-3-2-4-11(12)14/h2-5,8,10H,6-7,9H2,1H3,(H,18,19). The Kier molecular flexibility index (Phi) is 2.85. The molecule has 0 spiro atoms. The van der Waals surface area contributed by atoms with Gasteiger partial charge in [0.15, 0.2) is 5.69 Å². The van der Waals surface area contributed by atoms with E-state index in [1.165, 1.54) is 0 Å². The Morgan fingerprint density at radius 3 is 2.89 bits per heavy atom. The van der Waals surface area contributed by atoms with E-state index < -0.39 is 5.97 Å². The molecule has 4 nitrogen and oxygen atoms in total. The van der Waals surface area contributed by atoms with E-state index in [1.807, 2.05) is 24.3 Å². The highest BCUT2D eigenvalue weighted by molar-refractivity contribution is 5.97. The van der Waals surface area contributed by atoms with Gasteiger partial charge in [0.25, 0.3) is 0 Å². The van der Waals surface area contributed by atoms with Crippen molar-refractivity contribution in [1.29, 1.82) is 0 Å². The van der Waals surface area contributed by atoms with Gasteiger partial charge in [-0.25, -0.2) is 9.78 Å². The highest BCUT2D eigenvalue weighted by Gasteiger charge is 2.22. The van der Waals surface area contributed by atoms with Crippen molar-refractivity contribution in [3.05, 3.63) is 36.0 Å². The van der Waals surface area contributed by atoms with Gasteiger partial charge >= 0.3 is 5.97 Å². The maximum absolute atomic E-state index is 11.2. The molecule has 2 heterocycles.